The highest BCUT2D eigenvalue weighted by atomic mass is 16.5. The third-order valence-electron chi connectivity index (χ3n) is 4.97. The van der Waals surface area contributed by atoms with Crippen molar-refractivity contribution in [2.75, 3.05) is 7.11 Å². The maximum absolute atomic E-state index is 12.6. The SMILES string of the molecule is COC(=O)[C@@H](NC(=O)[C@@H](O)CC(C)C)C1c2ccccc2-c2ccccc21. The first-order chi connectivity index (χ1) is 12.9. The van der Waals surface area contributed by atoms with Crippen molar-refractivity contribution in [2.45, 2.75) is 38.3 Å². The van der Waals surface area contributed by atoms with E-state index >= 15 is 0 Å². The van der Waals surface area contributed by atoms with Crippen molar-refractivity contribution in [3.05, 3.63) is 59.7 Å². The lowest BCUT2D eigenvalue weighted by Gasteiger charge is -2.26. The molecule has 2 aromatic rings. The van der Waals surface area contributed by atoms with Gasteiger partial charge in [0, 0.05) is 5.92 Å². The van der Waals surface area contributed by atoms with Crippen LogP contribution in [0.2, 0.25) is 0 Å². The lowest BCUT2D eigenvalue weighted by atomic mass is 9.89. The summed E-state index contributed by atoms with van der Waals surface area (Å²) >= 11 is 0. The first kappa shape index (κ1) is 19.1. The van der Waals surface area contributed by atoms with Crippen LogP contribution in [-0.4, -0.2) is 36.2 Å². The van der Waals surface area contributed by atoms with Gasteiger partial charge in [-0.1, -0.05) is 62.4 Å². The second kappa shape index (κ2) is 7.92. The minimum atomic E-state index is -1.16. The second-order valence-electron chi connectivity index (χ2n) is 7.31. The van der Waals surface area contributed by atoms with E-state index in [0.29, 0.717) is 6.42 Å². The molecule has 2 atom stereocenters. The predicted octanol–water partition coefficient (Wildman–Crippen LogP) is 2.86. The van der Waals surface area contributed by atoms with Crippen molar-refractivity contribution in [3.63, 3.8) is 0 Å². The number of aliphatic hydroxyl groups is 1. The molecule has 0 aliphatic heterocycles. The molecule has 0 radical (unpaired) electrons. The van der Waals surface area contributed by atoms with Gasteiger partial charge < -0.3 is 15.2 Å². The number of fused-ring (bicyclic) bond motifs is 3. The van der Waals surface area contributed by atoms with E-state index < -0.39 is 24.0 Å². The molecule has 0 saturated heterocycles. The number of ether oxygens (including phenoxy) is 1. The number of benzene rings is 2. The Kier molecular flexibility index (Phi) is 5.61. The number of hydrogen-bond acceptors (Lipinski definition) is 4. The van der Waals surface area contributed by atoms with E-state index in [2.05, 4.69) is 5.32 Å². The van der Waals surface area contributed by atoms with Crippen molar-refractivity contribution in [1.29, 1.82) is 0 Å². The molecular formula is C22H25NO4. The molecule has 3 rings (SSSR count). The van der Waals surface area contributed by atoms with Gasteiger partial charge >= 0.3 is 5.97 Å². The summed E-state index contributed by atoms with van der Waals surface area (Å²) in [4.78, 5) is 25.1. The molecule has 5 nitrogen and oxygen atoms in total. The average molecular weight is 367 g/mol. The highest BCUT2D eigenvalue weighted by Gasteiger charge is 2.40. The van der Waals surface area contributed by atoms with Crippen LogP contribution in [0.25, 0.3) is 11.1 Å². The van der Waals surface area contributed by atoms with E-state index in [0.717, 1.165) is 22.3 Å². The van der Waals surface area contributed by atoms with Crippen LogP contribution in [0.15, 0.2) is 48.5 Å². The molecule has 0 heterocycles. The highest BCUT2D eigenvalue weighted by molar-refractivity contribution is 5.90. The molecule has 0 fully saturated rings. The summed E-state index contributed by atoms with van der Waals surface area (Å²) in [6.07, 6.45) is -0.832. The summed E-state index contributed by atoms with van der Waals surface area (Å²) in [6.45, 7) is 3.86. The van der Waals surface area contributed by atoms with Crippen molar-refractivity contribution in [1.82, 2.24) is 5.32 Å². The van der Waals surface area contributed by atoms with Gasteiger partial charge in [-0.25, -0.2) is 4.79 Å². The molecule has 2 aromatic carbocycles. The van der Waals surface area contributed by atoms with Crippen LogP contribution in [0.3, 0.4) is 0 Å². The van der Waals surface area contributed by atoms with E-state index in [4.69, 9.17) is 4.74 Å². The van der Waals surface area contributed by atoms with Crippen LogP contribution in [0.5, 0.6) is 0 Å². The summed E-state index contributed by atoms with van der Waals surface area (Å²) in [5.41, 5.74) is 4.02. The molecule has 0 aromatic heterocycles. The molecule has 5 heteroatoms. The zero-order chi connectivity index (χ0) is 19.6. The number of carbonyl (C=O) groups is 2. The second-order valence-corrected chi connectivity index (χ2v) is 7.31. The van der Waals surface area contributed by atoms with Crippen molar-refractivity contribution < 1.29 is 19.4 Å². The van der Waals surface area contributed by atoms with Crippen LogP contribution in [0.4, 0.5) is 0 Å². The lowest BCUT2D eigenvalue weighted by molar-refractivity contribution is -0.146. The minimum absolute atomic E-state index is 0.162. The maximum Gasteiger partial charge on any atom is 0.329 e. The summed E-state index contributed by atoms with van der Waals surface area (Å²) in [7, 11) is 1.30. The number of esters is 1. The number of hydrogen-bond donors (Lipinski definition) is 2. The molecule has 0 saturated carbocycles. The standard InChI is InChI=1S/C22H25NO4/c1-13(2)12-18(24)21(25)23-20(22(26)27-3)19-16-10-6-4-8-14(16)15-9-5-7-11-17(15)19/h4-11,13,18-20,24H,12H2,1-3H3,(H,23,25)/t18-,20-/m0/s1. The third kappa shape index (κ3) is 3.74. The van der Waals surface area contributed by atoms with Gasteiger partial charge in [-0.3, -0.25) is 4.79 Å². The van der Waals surface area contributed by atoms with Crippen LogP contribution in [-0.2, 0) is 14.3 Å². The third-order valence-corrected chi connectivity index (χ3v) is 4.97. The Labute approximate surface area is 159 Å². The van der Waals surface area contributed by atoms with Gasteiger partial charge in [0.2, 0.25) is 5.91 Å². The average Bonchev–Trinajstić information content (AvgIpc) is 2.99. The molecule has 142 valence electrons. The first-order valence-electron chi connectivity index (χ1n) is 9.18. The number of aliphatic hydroxyl groups excluding tert-OH is 1. The largest absolute Gasteiger partial charge is 0.467 e. The zero-order valence-electron chi connectivity index (χ0n) is 15.8. The Hall–Kier alpha value is -2.66. The van der Waals surface area contributed by atoms with Gasteiger partial charge in [-0.2, -0.15) is 0 Å². The van der Waals surface area contributed by atoms with E-state index in [1.807, 2.05) is 62.4 Å². The molecule has 0 spiro atoms. The highest BCUT2D eigenvalue weighted by Crippen LogP contribution is 2.46. The quantitative estimate of drug-likeness (QED) is 0.770. The summed E-state index contributed by atoms with van der Waals surface area (Å²) in [6, 6.07) is 14.8. The number of rotatable bonds is 6. The van der Waals surface area contributed by atoms with Gasteiger partial charge in [0.15, 0.2) is 0 Å². The molecule has 0 bridgehead atoms. The Bertz CT molecular complexity index is 800. The number of amides is 1. The fourth-order valence-corrected chi connectivity index (χ4v) is 3.76. The van der Waals surface area contributed by atoms with Crippen molar-refractivity contribution in [2.24, 2.45) is 5.92 Å². The topological polar surface area (TPSA) is 75.6 Å². The van der Waals surface area contributed by atoms with Gasteiger partial charge in [0.05, 0.1) is 7.11 Å². The number of methoxy groups -OCH3 is 1. The Morgan fingerprint density at radius 2 is 1.56 bits per heavy atom. The molecule has 2 N–H and O–H groups in total. The molecule has 1 amide bonds. The van der Waals surface area contributed by atoms with Crippen LogP contribution in [0, 0.1) is 5.92 Å². The van der Waals surface area contributed by atoms with Gasteiger partial charge in [-0.15, -0.1) is 0 Å². The molecule has 27 heavy (non-hydrogen) atoms. The molecule has 1 aliphatic carbocycles. The first-order valence-corrected chi connectivity index (χ1v) is 9.18. The van der Waals surface area contributed by atoms with Gasteiger partial charge in [0.1, 0.15) is 12.1 Å². The van der Waals surface area contributed by atoms with Crippen molar-refractivity contribution >= 4 is 11.9 Å². The van der Waals surface area contributed by atoms with E-state index in [-0.39, 0.29) is 11.8 Å². The summed E-state index contributed by atoms with van der Waals surface area (Å²) in [5.74, 6) is -1.28. The Balaban J connectivity index is 1.99. The Morgan fingerprint density at radius 3 is 2.04 bits per heavy atom. The number of carbonyl (C=O) groups excluding carboxylic acids is 2. The molecular weight excluding hydrogens is 342 g/mol. The smallest absolute Gasteiger partial charge is 0.329 e. The molecule has 1 aliphatic rings. The monoisotopic (exact) mass is 367 g/mol. The normalized spacial score (nSPS) is 15.0. The summed E-state index contributed by atoms with van der Waals surface area (Å²) < 4.78 is 4.98. The van der Waals surface area contributed by atoms with Crippen molar-refractivity contribution in [3.8, 4) is 11.1 Å². The van der Waals surface area contributed by atoms with Crippen LogP contribution >= 0.6 is 0 Å². The van der Waals surface area contributed by atoms with Crippen LogP contribution < -0.4 is 5.32 Å². The van der Waals surface area contributed by atoms with Gasteiger partial charge in [-0.05, 0) is 34.6 Å². The summed E-state index contributed by atoms with van der Waals surface area (Å²) in [5, 5.41) is 12.9. The fraction of sp³-hybridized carbons (Fsp3) is 0.364. The van der Waals surface area contributed by atoms with Gasteiger partial charge in [0.25, 0.3) is 0 Å². The lowest BCUT2D eigenvalue weighted by Crippen LogP contribution is -2.49. The van der Waals surface area contributed by atoms with E-state index in [1.54, 1.807) is 0 Å². The fourth-order valence-electron chi connectivity index (χ4n) is 3.76. The van der Waals surface area contributed by atoms with Crippen LogP contribution in [0.1, 0.15) is 37.3 Å². The minimum Gasteiger partial charge on any atom is -0.467 e. The maximum atomic E-state index is 12.6. The zero-order valence-corrected chi connectivity index (χ0v) is 15.8. The Morgan fingerprint density at radius 1 is 1.04 bits per heavy atom. The van der Waals surface area contributed by atoms with E-state index in [9.17, 15) is 14.7 Å². The van der Waals surface area contributed by atoms with E-state index in [1.165, 1.54) is 7.11 Å². The number of nitrogens with one attached hydrogen (secondary N) is 1. The predicted molar refractivity (Wildman–Crippen MR) is 103 cm³/mol. The molecule has 0 unspecified atom stereocenters.